The molecule has 2 aromatic rings. The molecule has 4 heteroatoms. The summed E-state index contributed by atoms with van der Waals surface area (Å²) >= 11 is 0. The number of para-hydroxylation sites is 1. The van der Waals surface area contributed by atoms with Crippen LogP contribution in [-0.4, -0.2) is 23.2 Å². The third kappa shape index (κ3) is 1.90. The molecule has 4 nitrogen and oxygen atoms in total. The molecule has 0 amide bonds. The molecule has 0 atom stereocenters. The highest BCUT2D eigenvalue weighted by atomic mass is 16.5. The van der Waals surface area contributed by atoms with Gasteiger partial charge in [-0.3, -0.25) is 0 Å². The molecule has 0 saturated carbocycles. The van der Waals surface area contributed by atoms with Crippen LogP contribution in [0.15, 0.2) is 28.8 Å². The van der Waals surface area contributed by atoms with Crippen molar-refractivity contribution in [3.8, 4) is 11.5 Å². The molecule has 1 aliphatic heterocycles. The molecule has 1 aromatic carbocycles. The van der Waals surface area contributed by atoms with Gasteiger partial charge < -0.3 is 9.42 Å². The Bertz CT molecular complexity index is 515. The number of anilines is 1. The van der Waals surface area contributed by atoms with Crippen LogP contribution in [0, 0.1) is 6.92 Å². The van der Waals surface area contributed by atoms with Crippen LogP contribution in [-0.2, 0) is 0 Å². The maximum Gasteiger partial charge on any atom is 0.260 e. The lowest BCUT2D eigenvalue weighted by atomic mass is 10.1. The van der Waals surface area contributed by atoms with E-state index in [0.29, 0.717) is 11.7 Å². The van der Waals surface area contributed by atoms with Crippen molar-refractivity contribution < 1.29 is 4.52 Å². The first-order valence-corrected chi connectivity index (χ1v) is 5.99. The molecule has 0 unspecified atom stereocenters. The molecule has 0 radical (unpaired) electrons. The van der Waals surface area contributed by atoms with Crippen LogP contribution in [0.3, 0.4) is 0 Å². The minimum Gasteiger partial charge on any atom is -0.371 e. The van der Waals surface area contributed by atoms with Crippen molar-refractivity contribution in [2.24, 2.45) is 0 Å². The second-order valence-corrected chi connectivity index (χ2v) is 4.36. The third-order valence-corrected chi connectivity index (χ3v) is 3.11. The molecule has 0 aliphatic carbocycles. The van der Waals surface area contributed by atoms with Crippen LogP contribution < -0.4 is 4.90 Å². The van der Waals surface area contributed by atoms with Gasteiger partial charge in [0.05, 0.1) is 5.56 Å². The van der Waals surface area contributed by atoms with Gasteiger partial charge in [0.25, 0.3) is 5.89 Å². The molecule has 2 heterocycles. The predicted molar refractivity (Wildman–Crippen MR) is 65.9 cm³/mol. The van der Waals surface area contributed by atoms with E-state index >= 15 is 0 Å². The summed E-state index contributed by atoms with van der Waals surface area (Å²) in [6.45, 7) is 4.07. The minimum atomic E-state index is 0.616. The number of aryl methyl sites for hydroxylation is 1. The summed E-state index contributed by atoms with van der Waals surface area (Å²) in [5.41, 5.74) is 2.24. The zero-order chi connectivity index (χ0) is 11.7. The van der Waals surface area contributed by atoms with E-state index in [4.69, 9.17) is 4.52 Å². The normalized spacial score (nSPS) is 15.5. The van der Waals surface area contributed by atoms with Gasteiger partial charge in [-0.05, 0) is 31.9 Å². The number of benzene rings is 1. The highest BCUT2D eigenvalue weighted by Crippen LogP contribution is 2.31. The Labute approximate surface area is 100 Å². The molecule has 3 rings (SSSR count). The number of nitrogens with zero attached hydrogens (tertiary/aromatic N) is 3. The molecule has 1 fully saturated rings. The van der Waals surface area contributed by atoms with Gasteiger partial charge in [0.15, 0.2) is 5.82 Å². The topological polar surface area (TPSA) is 42.2 Å². The van der Waals surface area contributed by atoms with Crippen LogP contribution in [0.5, 0.6) is 0 Å². The summed E-state index contributed by atoms with van der Waals surface area (Å²) in [6.07, 6.45) is 2.52. The standard InChI is InChI=1S/C13H15N3O/c1-10-14-13(17-15-10)11-6-2-3-7-12(11)16-8-4-5-9-16/h2-3,6-7H,4-5,8-9H2,1H3. The molecule has 0 bridgehead atoms. The van der Waals surface area contributed by atoms with Crippen LogP contribution in [0.25, 0.3) is 11.5 Å². The Hall–Kier alpha value is -1.84. The van der Waals surface area contributed by atoms with Crippen LogP contribution in [0.1, 0.15) is 18.7 Å². The zero-order valence-corrected chi connectivity index (χ0v) is 9.89. The van der Waals surface area contributed by atoms with Gasteiger partial charge in [0.2, 0.25) is 0 Å². The molecular weight excluding hydrogens is 214 g/mol. The van der Waals surface area contributed by atoms with Gasteiger partial charge in [-0.1, -0.05) is 17.3 Å². The first kappa shape index (κ1) is 10.3. The average molecular weight is 229 g/mol. The van der Waals surface area contributed by atoms with Crippen molar-refractivity contribution >= 4 is 5.69 Å². The number of aromatic nitrogens is 2. The molecule has 1 aliphatic rings. The Balaban J connectivity index is 2.03. The Kier molecular flexibility index (Phi) is 2.55. The molecule has 0 N–H and O–H groups in total. The van der Waals surface area contributed by atoms with E-state index in [-0.39, 0.29) is 0 Å². The first-order valence-electron chi connectivity index (χ1n) is 5.99. The van der Waals surface area contributed by atoms with Crippen molar-refractivity contribution in [3.63, 3.8) is 0 Å². The molecule has 88 valence electrons. The molecular formula is C13H15N3O. The predicted octanol–water partition coefficient (Wildman–Crippen LogP) is 2.65. The van der Waals surface area contributed by atoms with Crippen molar-refractivity contribution in [3.05, 3.63) is 30.1 Å². The second kappa shape index (κ2) is 4.20. The van der Waals surface area contributed by atoms with E-state index in [9.17, 15) is 0 Å². The number of rotatable bonds is 2. The Morgan fingerprint density at radius 3 is 2.65 bits per heavy atom. The summed E-state index contributed by atoms with van der Waals surface area (Å²) in [5, 5.41) is 3.86. The largest absolute Gasteiger partial charge is 0.371 e. The Morgan fingerprint density at radius 2 is 1.94 bits per heavy atom. The third-order valence-electron chi connectivity index (χ3n) is 3.11. The van der Waals surface area contributed by atoms with E-state index in [0.717, 1.165) is 18.7 Å². The van der Waals surface area contributed by atoms with Gasteiger partial charge in [-0.2, -0.15) is 4.98 Å². The fourth-order valence-electron chi connectivity index (χ4n) is 2.29. The van der Waals surface area contributed by atoms with Crippen molar-refractivity contribution in [2.45, 2.75) is 19.8 Å². The lowest BCUT2D eigenvalue weighted by Crippen LogP contribution is -2.18. The van der Waals surface area contributed by atoms with Gasteiger partial charge in [0.1, 0.15) is 0 Å². The average Bonchev–Trinajstić information content (AvgIpc) is 3.00. The van der Waals surface area contributed by atoms with Crippen molar-refractivity contribution in [2.75, 3.05) is 18.0 Å². The SMILES string of the molecule is Cc1noc(-c2ccccc2N2CCCC2)n1. The summed E-state index contributed by atoms with van der Waals surface area (Å²) in [7, 11) is 0. The van der Waals surface area contributed by atoms with Gasteiger partial charge in [0, 0.05) is 18.8 Å². The van der Waals surface area contributed by atoms with E-state index in [1.165, 1.54) is 18.5 Å². The summed E-state index contributed by atoms with van der Waals surface area (Å²) in [4.78, 5) is 6.69. The van der Waals surface area contributed by atoms with Crippen LogP contribution in [0.4, 0.5) is 5.69 Å². The molecule has 1 saturated heterocycles. The summed E-state index contributed by atoms with van der Waals surface area (Å²) in [6, 6.07) is 8.23. The molecule has 0 spiro atoms. The fraction of sp³-hybridized carbons (Fsp3) is 0.385. The zero-order valence-electron chi connectivity index (χ0n) is 9.89. The summed E-state index contributed by atoms with van der Waals surface area (Å²) < 4.78 is 5.26. The first-order chi connectivity index (χ1) is 8.34. The minimum absolute atomic E-state index is 0.616. The maximum atomic E-state index is 5.26. The molecule has 17 heavy (non-hydrogen) atoms. The lowest BCUT2D eigenvalue weighted by molar-refractivity contribution is 0.425. The highest BCUT2D eigenvalue weighted by molar-refractivity contribution is 5.73. The van der Waals surface area contributed by atoms with Crippen LogP contribution >= 0.6 is 0 Å². The van der Waals surface area contributed by atoms with Crippen molar-refractivity contribution in [1.29, 1.82) is 0 Å². The van der Waals surface area contributed by atoms with Gasteiger partial charge in [-0.15, -0.1) is 0 Å². The van der Waals surface area contributed by atoms with E-state index in [1.807, 2.05) is 19.1 Å². The van der Waals surface area contributed by atoms with Crippen molar-refractivity contribution in [1.82, 2.24) is 10.1 Å². The maximum absolute atomic E-state index is 5.26. The summed E-state index contributed by atoms with van der Waals surface area (Å²) in [5.74, 6) is 1.29. The monoisotopic (exact) mass is 229 g/mol. The Morgan fingerprint density at radius 1 is 1.18 bits per heavy atom. The smallest absolute Gasteiger partial charge is 0.260 e. The molecule has 1 aromatic heterocycles. The quantitative estimate of drug-likeness (QED) is 0.794. The second-order valence-electron chi connectivity index (χ2n) is 4.36. The van der Waals surface area contributed by atoms with Gasteiger partial charge >= 0.3 is 0 Å². The lowest BCUT2D eigenvalue weighted by Gasteiger charge is -2.19. The van der Waals surface area contributed by atoms with Crippen LogP contribution in [0.2, 0.25) is 0 Å². The van der Waals surface area contributed by atoms with E-state index in [1.54, 1.807) is 0 Å². The number of hydrogen-bond donors (Lipinski definition) is 0. The van der Waals surface area contributed by atoms with E-state index in [2.05, 4.69) is 27.2 Å². The fourth-order valence-corrected chi connectivity index (χ4v) is 2.29. The van der Waals surface area contributed by atoms with Gasteiger partial charge in [-0.25, -0.2) is 0 Å². The van der Waals surface area contributed by atoms with E-state index < -0.39 is 0 Å². The highest BCUT2D eigenvalue weighted by Gasteiger charge is 2.18. The number of hydrogen-bond acceptors (Lipinski definition) is 4.